The number of nitrogens with two attached hydrogens (primary N) is 1. The first-order valence-corrected chi connectivity index (χ1v) is 3.84. The summed E-state index contributed by atoms with van der Waals surface area (Å²) in [5, 5.41) is 0. The van der Waals surface area contributed by atoms with E-state index in [1.807, 2.05) is 13.8 Å². The molecular formula is C8H17NO. The third kappa shape index (κ3) is 3.62. The Kier molecular flexibility index (Phi) is 4.28. The molecule has 0 amide bonds. The van der Waals surface area contributed by atoms with Crippen molar-refractivity contribution in [3.63, 3.8) is 0 Å². The second-order valence-electron chi connectivity index (χ2n) is 2.92. The van der Waals surface area contributed by atoms with Crippen molar-refractivity contribution in [2.45, 2.75) is 39.7 Å². The predicted molar refractivity (Wildman–Crippen MR) is 42.7 cm³/mol. The second kappa shape index (κ2) is 4.45. The molecule has 0 aromatic heterocycles. The molecule has 0 aromatic rings. The molecule has 0 saturated carbocycles. The van der Waals surface area contributed by atoms with Gasteiger partial charge in [-0.15, -0.1) is 0 Å². The minimum absolute atomic E-state index is 0.134. The van der Waals surface area contributed by atoms with Crippen LogP contribution in [0.5, 0.6) is 0 Å². The van der Waals surface area contributed by atoms with Crippen molar-refractivity contribution >= 4 is 5.78 Å². The molecule has 2 nitrogen and oxygen atoms in total. The van der Waals surface area contributed by atoms with E-state index >= 15 is 0 Å². The van der Waals surface area contributed by atoms with Gasteiger partial charge in [-0.2, -0.15) is 0 Å². The lowest BCUT2D eigenvalue weighted by atomic mass is 9.98. The summed E-state index contributed by atoms with van der Waals surface area (Å²) in [5.74, 6) is 0.374. The van der Waals surface area contributed by atoms with Crippen LogP contribution in [0.25, 0.3) is 0 Å². The van der Waals surface area contributed by atoms with Gasteiger partial charge in [-0.1, -0.05) is 13.8 Å². The normalized spacial score (nSPS) is 16.4. The van der Waals surface area contributed by atoms with Gasteiger partial charge >= 0.3 is 0 Å². The lowest BCUT2D eigenvalue weighted by Crippen LogP contribution is -2.24. The van der Waals surface area contributed by atoms with Gasteiger partial charge in [-0.3, -0.25) is 4.79 Å². The predicted octanol–water partition coefficient (Wildman–Crippen LogP) is 1.34. The molecule has 0 bridgehead atoms. The summed E-state index contributed by atoms with van der Waals surface area (Å²) in [4.78, 5) is 10.7. The van der Waals surface area contributed by atoms with Crippen LogP contribution in [0.4, 0.5) is 0 Å². The van der Waals surface area contributed by atoms with Crippen LogP contribution in [0.1, 0.15) is 33.6 Å². The smallest absolute Gasteiger partial charge is 0.132 e. The van der Waals surface area contributed by atoms with Crippen LogP contribution < -0.4 is 5.73 Å². The average Bonchev–Trinajstić information content (AvgIpc) is 1.87. The number of Topliss-reactive ketones (excluding diaryl/α,β-unsaturated/α-hetero) is 1. The van der Waals surface area contributed by atoms with E-state index in [4.69, 9.17) is 5.73 Å². The van der Waals surface area contributed by atoms with Crippen LogP contribution in [0, 0.1) is 5.92 Å². The largest absolute Gasteiger partial charge is 0.328 e. The number of rotatable bonds is 4. The van der Waals surface area contributed by atoms with Gasteiger partial charge in [-0.05, 0) is 19.8 Å². The van der Waals surface area contributed by atoms with Gasteiger partial charge < -0.3 is 5.73 Å². The lowest BCUT2D eigenvalue weighted by Gasteiger charge is -2.12. The molecule has 0 aliphatic rings. The zero-order valence-corrected chi connectivity index (χ0v) is 7.05. The molecule has 0 aromatic carbocycles. The van der Waals surface area contributed by atoms with E-state index in [2.05, 4.69) is 0 Å². The molecule has 60 valence electrons. The van der Waals surface area contributed by atoms with Gasteiger partial charge in [0.25, 0.3) is 0 Å². The number of carbonyl (C=O) groups excluding carboxylic acids is 1. The maximum atomic E-state index is 10.7. The molecule has 0 spiro atoms. The Morgan fingerprint density at radius 1 is 1.60 bits per heavy atom. The molecule has 0 heterocycles. The summed E-state index contributed by atoms with van der Waals surface area (Å²) in [5.41, 5.74) is 5.66. The summed E-state index contributed by atoms with van der Waals surface area (Å²) in [7, 11) is 0. The highest BCUT2D eigenvalue weighted by Crippen LogP contribution is 2.07. The molecule has 0 fully saturated rings. The fourth-order valence-electron chi connectivity index (χ4n) is 0.787. The van der Waals surface area contributed by atoms with Gasteiger partial charge in [0.1, 0.15) is 5.78 Å². The van der Waals surface area contributed by atoms with E-state index < -0.39 is 0 Å². The zero-order chi connectivity index (χ0) is 8.15. The SMILES string of the molecule is CCC(N)C[C@H](C)C(C)=O. The Balaban J connectivity index is 3.56. The lowest BCUT2D eigenvalue weighted by molar-refractivity contribution is -0.120. The van der Waals surface area contributed by atoms with Crippen molar-refractivity contribution in [1.29, 1.82) is 0 Å². The second-order valence-corrected chi connectivity index (χ2v) is 2.92. The van der Waals surface area contributed by atoms with Crippen LogP contribution in [0.2, 0.25) is 0 Å². The molecular weight excluding hydrogens is 126 g/mol. The van der Waals surface area contributed by atoms with Gasteiger partial charge in [0.15, 0.2) is 0 Å². The Hall–Kier alpha value is -0.370. The summed E-state index contributed by atoms with van der Waals surface area (Å²) < 4.78 is 0. The summed E-state index contributed by atoms with van der Waals surface area (Å²) >= 11 is 0. The number of carbonyl (C=O) groups is 1. The fraction of sp³-hybridized carbons (Fsp3) is 0.875. The monoisotopic (exact) mass is 143 g/mol. The van der Waals surface area contributed by atoms with Crippen molar-refractivity contribution in [2.24, 2.45) is 11.7 Å². The van der Waals surface area contributed by atoms with Crippen LogP contribution in [0.15, 0.2) is 0 Å². The van der Waals surface area contributed by atoms with Crippen LogP contribution >= 0.6 is 0 Å². The molecule has 0 aliphatic carbocycles. The number of hydrogen-bond acceptors (Lipinski definition) is 2. The highest BCUT2D eigenvalue weighted by Gasteiger charge is 2.10. The van der Waals surface area contributed by atoms with Gasteiger partial charge in [0.05, 0.1) is 0 Å². The standard InChI is InChI=1S/C8H17NO/c1-4-8(9)5-6(2)7(3)10/h6,8H,4-5,9H2,1-3H3/t6-,8?/m0/s1. The number of ketones is 1. The van der Waals surface area contributed by atoms with Crippen LogP contribution in [0.3, 0.4) is 0 Å². The highest BCUT2D eigenvalue weighted by atomic mass is 16.1. The van der Waals surface area contributed by atoms with E-state index in [1.165, 1.54) is 0 Å². The Morgan fingerprint density at radius 2 is 2.10 bits per heavy atom. The van der Waals surface area contributed by atoms with Crippen molar-refractivity contribution in [3.05, 3.63) is 0 Å². The van der Waals surface area contributed by atoms with Crippen molar-refractivity contribution in [2.75, 3.05) is 0 Å². The highest BCUT2D eigenvalue weighted by molar-refractivity contribution is 5.77. The molecule has 10 heavy (non-hydrogen) atoms. The van der Waals surface area contributed by atoms with E-state index in [1.54, 1.807) is 6.92 Å². The van der Waals surface area contributed by atoms with Gasteiger partial charge in [0.2, 0.25) is 0 Å². The van der Waals surface area contributed by atoms with Crippen molar-refractivity contribution in [3.8, 4) is 0 Å². The van der Waals surface area contributed by atoms with E-state index in [9.17, 15) is 4.79 Å². The first-order valence-electron chi connectivity index (χ1n) is 3.84. The molecule has 2 atom stereocenters. The third-order valence-electron chi connectivity index (χ3n) is 1.87. The fourth-order valence-corrected chi connectivity index (χ4v) is 0.787. The minimum Gasteiger partial charge on any atom is -0.328 e. The van der Waals surface area contributed by atoms with Crippen molar-refractivity contribution in [1.82, 2.24) is 0 Å². The van der Waals surface area contributed by atoms with E-state index in [0.717, 1.165) is 12.8 Å². The first-order chi connectivity index (χ1) is 4.57. The zero-order valence-electron chi connectivity index (χ0n) is 7.05. The Labute approximate surface area is 62.8 Å². The summed E-state index contributed by atoms with van der Waals surface area (Å²) in [6.07, 6.45) is 1.78. The van der Waals surface area contributed by atoms with Gasteiger partial charge in [0, 0.05) is 12.0 Å². The molecule has 0 aliphatic heterocycles. The third-order valence-corrected chi connectivity index (χ3v) is 1.87. The maximum Gasteiger partial charge on any atom is 0.132 e. The summed E-state index contributed by atoms with van der Waals surface area (Å²) in [6, 6.07) is 0.193. The quantitative estimate of drug-likeness (QED) is 0.645. The maximum absolute atomic E-state index is 10.7. The van der Waals surface area contributed by atoms with Crippen molar-refractivity contribution < 1.29 is 4.79 Å². The molecule has 2 N–H and O–H groups in total. The molecule has 0 saturated heterocycles. The average molecular weight is 143 g/mol. The molecule has 1 unspecified atom stereocenters. The van der Waals surface area contributed by atoms with Crippen LogP contribution in [-0.4, -0.2) is 11.8 Å². The Morgan fingerprint density at radius 3 is 2.40 bits per heavy atom. The molecule has 0 rings (SSSR count). The van der Waals surface area contributed by atoms with E-state index in [-0.39, 0.29) is 17.7 Å². The van der Waals surface area contributed by atoms with Crippen LogP contribution in [-0.2, 0) is 4.79 Å². The Bertz CT molecular complexity index is 112. The molecule has 0 radical (unpaired) electrons. The van der Waals surface area contributed by atoms with E-state index in [0.29, 0.717) is 0 Å². The minimum atomic E-state index is 0.134. The van der Waals surface area contributed by atoms with Gasteiger partial charge in [-0.25, -0.2) is 0 Å². The first kappa shape index (κ1) is 9.63. The summed E-state index contributed by atoms with van der Waals surface area (Å²) in [6.45, 7) is 5.59. The molecule has 2 heteroatoms. The topological polar surface area (TPSA) is 43.1 Å². The number of hydrogen-bond donors (Lipinski definition) is 1.